The number of nitrogens with one attached hydrogen (secondary N) is 1. The van der Waals surface area contributed by atoms with Gasteiger partial charge in [0.15, 0.2) is 40.4 Å². The highest BCUT2D eigenvalue weighted by atomic mass is 35.5. The van der Waals surface area contributed by atoms with Crippen LogP contribution in [0.2, 0.25) is 5.15 Å². The fourth-order valence-corrected chi connectivity index (χ4v) is 11.0. The minimum atomic E-state index is -1.54. The second-order valence-corrected chi connectivity index (χ2v) is 20.6. The molecule has 2 aromatic carbocycles. The summed E-state index contributed by atoms with van der Waals surface area (Å²) in [4.78, 5) is 35.5. The zero-order chi connectivity index (χ0) is 52.3. The number of aromatic nitrogens is 1. The highest BCUT2D eigenvalue weighted by molar-refractivity contribution is 6.30. The van der Waals surface area contributed by atoms with Gasteiger partial charge in [-0.3, -0.25) is 4.79 Å². The van der Waals surface area contributed by atoms with E-state index in [2.05, 4.69) is 34.0 Å². The van der Waals surface area contributed by atoms with Crippen LogP contribution in [0.15, 0.2) is 53.6 Å². The first-order valence-electron chi connectivity index (χ1n) is 24.4. The number of fused-ring (bicyclic) bond motifs is 8. The van der Waals surface area contributed by atoms with Gasteiger partial charge in [-0.25, -0.2) is 9.78 Å². The Bertz CT molecular complexity index is 2830. The van der Waals surface area contributed by atoms with Gasteiger partial charge in [-0.2, -0.15) is 0 Å². The minimum absolute atomic E-state index is 0.0695. The summed E-state index contributed by atoms with van der Waals surface area (Å²) < 4.78 is 55.8. The topological polar surface area (TPSA) is 230 Å². The fraction of sp³-hybridized carbons (Fsp3) is 0.537. The number of likely N-dealkylation sites (N-methyl/N-ethyl adjacent to an activating group) is 1. The van der Waals surface area contributed by atoms with Gasteiger partial charge >= 0.3 is 5.97 Å². The van der Waals surface area contributed by atoms with Crippen LogP contribution >= 0.6 is 11.6 Å². The number of phenols is 1. The number of rotatable bonds is 11. The number of allylic oxidation sites excluding steroid dienone is 1. The number of epoxide rings is 1. The maximum Gasteiger partial charge on any atom is 0.329 e. The summed E-state index contributed by atoms with van der Waals surface area (Å²) in [6, 6.07) is 6.04. The normalized spacial score (nSPS) is 34.3. The van der Waals surface area contributed by atoms with E-state index in [1.807, 2.05) is 39.8 Å². The summed E-state index contributed by atoms with van der Waals surface area (Å²) in [5, 5.41) is 48.2. The van der Waals surface area contributed by atoms with E-state index in [1.54, 1.807) is 37.3 Å². The van der Waals surface area contributed by atoms with E-state index >= 15 is 0 Å². The second kappa shape index (κ2) is 20.6. The molecule has 5 bridgehead atoms. The van der Waals surface area contributed by atoms with Gasteiger partial charge in [0.05, 0.1) is 68.6 Å². The van der Waals surface area contributed by atoms with E-state index in [9.17, 15) is 30.0 Å². The highest BCUT2D eigenvalue weighted by Gasteiger charge is 2.70. The molecule has 0 radical (unpaired) electrons. The van der Waals surface area contributed by atoms with Gasteiger partial charge in [-0.15, -0.1) is 0 Å². The molecule has 7 aliphatic rings. The molecule has 2 unspecified atom stereocenters. The van der Waals surface area contributed by atoms with Crippen LogP contribution in [-0.2, 0) is 34.9 Å². The van der Waals surface area contributed by atoms with Crippen LogP contribution in [0.5, 0.6) is 28.7 Å². The van der Waals surface area contributed by atoms with Crippen LogP contribution < -0.4 is 24.3 Å². The van der Waals surface area contributed by atoms with Crippen molar-refractivity contribution < 1.29 is 72.6 Å². The van der Waals surface area contributed by atoms with E-state index in [0.717, 1.165) is 0 Å². The van der Waals surface area contributed by atoms with E-state index in [1.165, 1.54) is 33.3 Å². The van der Waals surface area contributed by atoms with Crippen LogP contribution in [0, 0.1) is 29.6 Å². The fourth-order valence-electron chi connectivity index (χ4n) is 10.8. The molecule has 3 aromatic rings. The molecule has 73 heavy (non-hydrogen) atoms. The van der Waals surface area contributed by atoms with Crippen LogP contribution in [-0.4, -0.2) is 162 Å². The van der Waals surface area contributed by atoms with Crippen molar-refractivity contribution in [2.75, 3.05) is 34.9 Å². The predicted octanol–water partition coefficient (Wildman–Crippen LogP) is 4.17. The van der Waals surface area contributed by atoms with Crippen LogP contribution in [0.3, 0.4) is 0 Å². The highest BCUT2D eigenvalue weighted by Crippen LogP contribution is 2.54. The van der Waals surface area contributed by atoms with Crippen molar-refractivity contribution in [3.8, 4) is 52.4 Å². The molecule has 1 spiro atoms. The van der Waals surface area contributed by atoms with Crippen molar-refractivity contribution in [2.45, 2.75) is 145 Å². The lowest BCUT2D eigenvalue weighted by Crippen LogP contribution is -2.57. The molecule has 1 amide bonds. The SMILES string of the molecule is COc1c(OC(C)C)cc2cc(O)c(C(=O)NC3Cc4ccc(c(Cl)n4)O[C@H]4C=C5C#C/C(=C\C#C[C@@H]6O[C@]56[C@@H]4O[C@H]4C[C@@](C)(O)[C@@H](O)[C@H](C)O4)C(C[C@H]4C[C@H](O)[C@H](N(C)C)[C@H](C)O4)COC3=O)cc2c1OC. The third-order valence-electron chi connectivity index (χ3n) is 14.3. The number of aliphatic hydroxyl groups excluding tert-OH is 2. The van der Waals surface area contributed by atoms with Crippen molar-refractivity contribution in [1.29, 1.82) is 0 Å². The Hall–Kier alpha value is -5.64. The zero-order valence-electron chi connectivity index (χ0n) is 42.1. The van der Waals surface area contributed by atoms with Crippen molar-refractivity contribution in [2.24, 2.45) is 5.92 Å². The molecular formula is C54H62ClN3O15. The Kier molecular flexibility index (Phi) is 14.7. The lowest BCUT2D eigenvalue weighted by Gasteiger charge is -2.43. The molecule has 18 nitrogen and oxygen atoms in total. The quantitative estimate of drug-likeness (QED) is 0.0786. The van der Waals surface area contributed by atoms with Crippen molar-refractivity contribution in [3.05, 3.63) is 70.0 Å². The number of hydrogen-bond donors (Lipinski definition) is 5. The smallest absolute Gasteiger partial charge is 0.329 e. The predicted molar refractivity (Wildman–Crippen MR) is 264 cm³/mol. The average molecular weight is 1030 g/mol. The third-order valence-corrected chi connectivity index (χ3v) is 14.6. The largest absolute Gasteiger partial charge is 0.507 e. The van der Waals surface area contributed by atoms with Crippen molar-refractivity contribution in [1.82, 2.24) is 15.2 Å². The molecule has 5 N–H and O–H groups in total. The Morgan fingerprint density at radius 1 is 1.07 bits per heavy atom. The summed E-state index contributed by atoms with van der Waals surface area (Å²) in [7, 11) is 6.68. The molecule has 19 heteroatoms. The van der Waals surface area contributed by atoms with E-state index in [-0.39, 0.29) is 89.9 Å². The maximum atomic E-state index is 14.6. The number of carbonyl (C=O) groups excluding carboxylic acids is 2. The molecule has 6 heterocycles. The number of aromatic hydroxyl groups is 1. The second-order valence-electron chi connectivity index (χ2n) is 20.2. The lowest BCUT2D eigenvalue weighted by atomic mass is 9.87. The number of ether oxygens (including phenoxy) is 9. The van der Waals surface area contributed by atoms with E-state index in [0.29, 0.717) is 27.7 Å². The summed E-state index contributed by atoms with van der Waals surface area (Å²) in [5.41, 5.74) is -1.66. The summed E-state index contributed by atoms with van der Waals surface area (Å²) in [5.74, 6) is 11.3. The molecule has 5 aliphatic heterocycles. The van der Waals surface area contributed by atoms with Gasteiger partial charge < -0.3 is 73.3 Å². The van der Waals surface area contributed by atoms with Crippen molar-refractivity contribution >= 4 is 34.2 Å². The van der Waals surface area contributed by atoms with Gasteiger partial charge in [0, 0.05) is 53.5 Å². The maximum absolute atomic E-state index is 14.6. The number of nitrogens with zero attached hydrogens (tertiary/aromatic N) is 2. The van der Waals surface area contributed by atoms with Crippen molar-refractivity contribution in [3.63, 3.8) is 0 Å². The number of aliphatic hydroxyl groups is 3. The molecule has 0 saturated carbocycles. The number of carbonyl (C=O) groups is 2. The Morgan fingerprint density at radius 3 is 2.52 bits per heavy atom. The van der Waals surface area contributed by atoms with E-state index < -0.39 is 84.1 Å². The third kappa shape index (κ3) is 10.3. The Morgan fingerprint density at radius 2 is 1.84 bits per heavy atom. The lowest BCUT2D eigenvalue weighted by molar-refractivity contribution is -0.290. The first-order chi connectivity index (χ1) is 34.7. The van der Waals surface area contributed by atoms with Gasteiger partial charge in [-0.1, -0.05) is 35.3 Å². The summed E-state index contributed by atoms with van der Waals surface area (Å²) in [6.45, 7) is 8.54. The number of halogens is 1. The number of esters is 1. The zero-order valence-corrected chi connectivity index (χ0v) is 42.9. The number of hydrogen-bond acceptors (Lipinski definition) is 17. The van der Waals surface area contributed by atoms with E-state index in [4.69, 9.17) is 54.2 Å². The number of benzene rings is 2. The van der Waals surface area contributed by atoms with Gasteiger partial charge in [0.2, 0.25) is 5.75 Å². The summed E-state index contributed by atoms with van der Waals surface area (Å²) >= 11 is 6.88. The molecule has 3 fully saturated rings. The minimum Gasteiger partial charge on any atom is -0.507 e. The molecule has 3 saturated heterocycles. The Balaban J connectivity index is 1.09. The van der Waals surface area contributed by atoms with Gasteiger partial charge in [-0.05, 0) is 96.9 Å². The number of methoxy groups -OCH3 is 2. The van der Waals surface area contributed by atoms with Crippen LogP contribution in [0.25, 0.3) is 10.8 Å². The monoisotopic (exact) mass is 1030 g/mol. The standard InChI is InChI=1S/C54H62ClN3O15/c1-26(2)68-41-19-30-18-38(59)36(23-35(30)46(65-8)47(41)66-9)51(62)57-37-21-33-15-16-40(50(55)56-33)71-42-20-32-14-13-29(31(25-67-52(37)63)17-34-22-39(60)45(58(6)7)27(3)69-34)11-10-12-43-54(32,73-43)49(42)72-44-24-53(5,64)48(61)28(4)70-44/h11,15-16,18-20,23,26-28,31,34,37,39,42-45,48-49,59-61,64H,17,21-22,24-25H2,1-9H3,(H,57,62)/b29-11+/t27-,28-,31?,34-,37?,39-,42-,43-,44-,45+,48-,49+,53+,54+/m0/s1. The molecule has 1 aromatic heterocycles. The van der Waals surface area contributed by atoms with Crippen LogP contribution in [0.4, 0.5) is 0 Å². The molecule has 14 atom stereocenters. The molecule has 10 rings (SSSR count). The number of amides is 1. The first kappa shape index (κ1) is 52.2. The van der Waals surface area contributed by atoms with Crippen LogP contribution in [0.1, 0.15) is 69.9 Å². The van der Waals surface area contributed by atoms with Gasteiger partial charge in [0.25, 0.3) is 5.91 Å². The average Bonchev–Trinajstić information content (AvgIpc) is 3.95. The first-order valence-corrected chi connectivity index (χ1v) is 24.8. The number of pyridine rings is 1. The number of phenolic OH excluding ortho intramolecular Hbond substituents is 1. The Labute approximate surface area is 428 Å². The van der Waals surface area contributed by atoms with Gasteiger partial charge in [0.1, 0.15) is 30.1 Å². The molecule has 390 valence electrons. The molecule has 2 aliphatic carbocycles. The molecular weight excluding hydrogens is 966 g/mol. The summed E-state index contributed by atoms with van der Waals surface area (Å²) in [6.07, 6.45) is -3.59.